The molecule has 0 fully saturated rings. The van der Waals surface area contributed by atoms with Gasteiger partial charge in [-0.2, -0.15) is 0 Å². The largest absolute Gasteiger partial charge is 0.384 e. The molecule has 0 saturated heterocycles. The summed E-state index contributed by atoms with van der Waals surface area (Å²) in [5.74, 6) is 0. The first-order chi connectivity index (χ1) is 9.31. The number of benzene rings is 2. The third kappa shape index (κ3) is 4.03. The van der Waals surface area contributed by atoms with E-state index in [1.54, 1.807) is 0 Å². The molecule has 1 unspecified atom stereocenters. The maximum atomic E-state index is 6.14. The Morgan fingerprint density at radius 3 is 2.11 bits per heavy atom. The van der Waals surface area contributed by atoms with E-state index in [-0.39, 0.29) is 6.29 Å². The Morgan fingerprint density at radius 2 is 1.53 bits per heavy atom. The van der Waals surface area contributed by atoms with Crippen molar-refractivity contribution in [2.75, 3.05) is 6.61 Å². The lowest BCUT2D eigenvalue weighted by Crippen LogP contribution is -2.32. The fraction of sp³-hybridized carbons (Fsp3) is 0.250. The lowest BCUT2D eigenvalue weighted by molar-refractivity contribution is -0.0798. The molecular formula is C16H19O2Si. The van der Waals surface area contributed by atoms with Gasteiger partial charge in [0.15, 0.2) is 6.29 Å². The average molecular weight is 271 g/mol. The van der Waals surface area contributed by atoms with E-state index < -0.39 is 9.04 Å². The number of hydrogen-bond acceptors (Lipinski definition) is 2. The van der Waals surface area contributed by atoms with Crippen LogP contribution in [0.25, 0.3) is 0 Å². The van der Waals surface area contributed by atoms with Crippen molar-refractivity contribution in [3.8, 4) is 0 Å². The Bertz CT molecular complexity index is 473. The van der Waals surface area contributed by atoms with Crippen LogP contribution >= 0.6 is 0 Å². The minimum atomic E-state index is -1.06. The molecule has 0 saturated carbocycles. The Labute approximate surface area is 116 Å². The summed E-state index contributed by atoms with van der Waals surface area (Å²) in [7, 11) is -1.06. The minimum Gasteiger partial charge on any atom is -0.384 e. The van der Waals surface area contributed by atoms with Gasteiger partial charge in [-0.25, -0.2) is 0 Å². The normalized spacial score (nSPS) is 12.6. The first-order valence-corrected chi connectivity index (χ1v) is 8.44. The SMILES string of the molecule is CCOC(O[Si](C)c1ccccc1)c1ccccc1. The second kappa shape index (κ2) is 7.24. The maximum absolute atomic E-state index is 6.14. The van der Waals surface area contributed by atoms with Gasteiger partial charge < -0.3 is 9.16 Å². The van der Waals surface area contributed by atoms with Crippen molar-refractivity contribution in [1.29, 1.82) is 0 Å². The third-order valence-electron chi connectivity index (χ3n) is 2.85. The van der Waals surface area contributed by atoms with E-state index in [9.17, 15) is 0 Å². The highest BCUT2D eigenvalue weighted by molar-refractivity contribution is 6.66. The molecule has 19 heavy (non-hydrogen) atoms. The van der Waals surface area contributed by atoms with Crippen LogP contribution in [0, 0.1) is 0 Å². The molecule has 0 aliphatic rings. The van der Waals surface area contributed by atoms with Crippen molar-refractivity contribution < 1.29 is 9.16 Å². The fourth-order valence-corrected chi connectivity index (χ4v) is 3.18. The van der Waals surface area contributed by atoms with Crippen molar-refractivity contribution in [1.82, 2.24) is 0 Å². The van der Waals surface area contributed by atoms with Gasteiger partial charge in [0.2, 0.25) is 9.04 Å². The number of ether oxygens (including phenoxy) is 1. The Hall–Kier alpha value is -1.42. The summed E-state index contributed by atoms with van der Waals surface area (Å²) in [6.07, 6.45) is -0.273. The van der Waals surface area contributed by atoms with E-state index in [1.165, 1.54) is 5.19 Å². The summed E-state index contributed by atoms with van der Waals surface area (Å²) in [4.78, 5) is 0. The average Bonchev–Trinajstić information content (AvgIpc) is 2.48. The molecule has 0 N–H and O–H groups in total. The molecule has 0 spiro atoms. The zero-order valence-electron chi connectivity index (χ0n) is 11.4. The molecular weight excluding hydrogens is 252 g/mol. The topological polar surface area (TPSA) is 18.5 Å². The molecule has 0 aliphatic carbocycles. The summed E-state index contributed by atoms with van der Waals surface area (Å²) in [6, 6.07) is 20.4. The van der Waals surface area contributed by atoms with Gasteiger partial charge in [-0.15, -0.1) is 0 Å². The third-order valence-corrected chi connectivity index (χ3v) is 4.57. The Balaban J connectivity index is 2.09. The van der Waals surface area contributed by atoms with Gasteiger partial charge in [0.25, 0.3) is 0 Å². The van der Waals surface area contributed by atoms with Crippen LogP contribution in [0.4, 0.5) is 0 Å². The Morgan fingerprint density at radius 1 is 0.947 bits per heavy atom. The molecule has 0 heterocycles. The second-order valence-electron chi connectivity index (χ2n) is 4.24. The molecule has 2 rings (SSSR count). The standard InChI is InChI=1S/C16H19O2Si/c1-3-17-16(14-10-6-4-7-11-14)18-19(2)15-12-8-5-9-13-15/h4-13,16H,3H2,1-2H3. The summed E-state index contributed by atoms with van der Waals surface area (Å²) >= 11 is 0. The lowest BCUT2D eigenvalue weighted by Gasteiger charge is -2.22. The first-order valence-electron chi connectivity index (χ1n) is 6.53. The van der Waals surface area contributed by atoms with E-state index in [0.29, 0.717) is 6.61 Å². The van der Waals surface area contributed by atoms with Gasteiger partial charge in [-0.1, -0.05) is 60.7 Å². The maximum Gasteiger partial charge on any atom is 0.247 e. The monoisotopic (exact) mass is 271 g/mol. The molecule has 2 nitrogen and oxygen atoms in total. The second-order valence-corrected chi connectivity index (χ2v) is 6.16. The van der Waals surface area contributed by atoms with Crippen molar-refractivity contribution in [2.24, 2.45) is 0 Å². The molecule has 0 aromatic heterocycles. The summed E-state index contributed by atoms with van der Waals surface area (Å²) in [6.45, 7) is 4.78. The van der Waals surface area contributed by atoms with Crippen LogP contribution in [0.2, 0.25) is 6.55 Å². The zero-order chi connectivity index (χ0) is 13.5. The van der Waals surface area contributed by atoms with Gasteiger partial charge in [0.1, 0.15) is 0 Å². The van der Waals surface area contributed by atoms with Crippen LogP contribution in [0.3, 0.4) is 0 Å². The first kappa shape index (κ1) is 14.0. The summed E-state index contributed by atoms with van der Waals surface area (Å²) < 4.78 is 11.9. The van der Waals surface area contributed by atoms with Crippen molar-refractivity contribution >= 4 is 14.2 Å². The van der Waals surface area contributed by atoms with Crippen LogP contribution in [-0.2, 0) is 9.16 Å². The molecule has 0 amide bonds. The summed E-state index contributed by atoms with van der Waals surface area (Å²) in [5.41, 5.74) is 1.07. The van der Waals surface area contributed by atoms with Crippen LogP contribution in [0.5, 0.6) is 0 Å². The predicted octanol–water partition coefficient (Wildman–Crippen LogP) is 3.27. The van der Waals surface area contributed by atoms with Gasteiger partial charge in [0, 0.05) is 12.2 Å². The van der Waals surface area contributed by atoms with Gasteiger partial charge in [-0.3, -0.25) is 0 Å². The lowest BCUT2D eigenvalue weighted by atomic mass is 10.2. The zero-order valence-corrected chi connectivity index (χ0v) is 12.4. The molecule has 2 aromatic rings. The highest BCUT2D eigenvalue weighted by Gasteiger charge is 2.18. The highest BCUT2D eigenvalue weighted by Crippen LogP contribution is 2.19. The van der Waals surface area contributed by atoms with E-state index >= 15 is 0 Å². The number of rotatable bonds is 6. The van der Waals surface area contributed by atoms with Gasteiger partial charge >= 0.3 is 0 Å². The van der Waals surface area contributed by atoms with Crippen LogP contribution in [-0.4, -0.2) is 15.6 Å². The predicted molar refractivity (Wildman–Crippen MR) is 79.6 cm³/mol. The quantitative estimate of drug-likeness (QED) is 0.593. The molecule has 1 radical (unpaired) electrons. The smallest absolute Gasteiger partial charge is 0.247 e. The molecule has 99 valence electrons. The molecule has 3 heteroatoms. The Kier molecular flexibility index (Phi) is 5.33. The summed E-state index contributed by atoms with van der Waals surface area (Å²) in [5, 5.41) is 1.26. The van der Waals surface area contributed by atoms with Crippen LogP contribution in [0.1, 0.15) is 18.8 Å². The highest BCUT2D eigenvalue weighted by atomic mass is 28.3. The van der Waals surface area contributed by atoms with E-state index in [0.717, 1.165) is 5.56 Å². The van der Waals surface area contributed by atoms with Crippen molar-refractivity contribution in [3.05, 3.63) is 66.2 Å². The van der Waals surface area contributed by atoms with E-state index in [1.807, 2.05) is 55.5 Å². The molecule has 0 aliphatic heterocycles. The van der Waals surface area contributed by atoms with E-state index in [4.69, 9.17) is 9.16 Å². The minimum absolute atomic E-state index is 0.273. The molecule has 1 atom stereocenters. The van der Waals surface area contributed by atoms with Crippen molar-refractivity contribution in [3.63, 3.8) is 0 Å². The van der Waals surface area contributed by atoms with E-state index in [2.05, 4.69) is 18.7 Å². The van der Waals surface area contributed by atoms with Crippen molar-refractivity contribution in [2.45, 2.75) is 19.8 Å². The van der Waals surface area contributed by atoms with Gasteiger partial charge in [-0.05, 0) is 18.7 Å². The molecule has 0 bridgehead atoms. The number of hydrogen-bond donors (Lipinski definition) is 0. The van der Waals surface area contributed by atoms with Crippen LogP contribution in [0.15, 0.2) is 60.7 Å². The fourth-order valence-electron chi connectivity index (χ4n) is 1.86. The van der Waals surface area contributed by atoms with Crippen LogP contribution < -0.4 is 5.19 Å². The van der Waals surface area contributed by atoms with Gasteiger partial charge in [0.05, 0.1) is 0 Å². The molecule has 2 aromatic carbocycles.